The van der Waals surface area contributed by atoms with Gasteiger partial charge < -0.3 is 0 Å². The van der Waals surface area contributed by atoms with Gasteiger partial charge in [-0.3, -0.25) is 0 Å². The van der Waals surface area contributed by atoms with Gasteiger partial charge in [-0.15, -0.1) is 0 Å². The Bertz CT molecular complexity index is 255. The van der Waals surface area contributed by atoms with E-state index in [1.165, 1.54) is 70.6 Å². The Morgan fingerprint density at radius 1 is 0.522 bits per heavy atom. The highest BCUT2D eigenvalue weighted by Gasteiger charge is 2.30. The van der Waals surface area contributed by atoms with Crippen molar-refractivity contribution in [3.63, 3.8) is 0 Å². The molecule has 136 valence electrons. The molecule has 0 bridgehead atoms. The minimum Gasteiger partial charge on any atom is -0.0654 e. The maximum Gasteiger partial charge on any atom is -0.0386 e. The fourth-order valence-electron chi connectivity index (χ4n) is 5.30. The largest absolute Gasteiger partial charge is 0.0654 e. The van der Waals surface area contributed by atoms with E-state index in [4.69, 9.17) is 0 Å². The standard InChI is InChI=1S/C23H44/c1-2-3-4-5-6-7-8-9-10-11-12-14-21-17-19-22-15-13-16-23(22)20-18-21/h21-23H,2-20H2,1H3. The van der Waals surface area contributed by atoms with Crippen LogP contribution < -0.4 is 0 Å². The molecule has 0 aromatic heterocycles. The molecule has 2 rings (SSSR count). The van der Waals surface area contributed by atoms with Gasteiger partial charge in [0.1, 0.15) is 0 Å². The van der Waals surface area contributed by atoms with Crippen molar-refractivity contribution in [2.75, 3.05) is 0 Å². The zero-order valence-corrected chi connectivity index (χ0v) is 16.2. The number of unbranched alkanes of at least 4 members (excludes halogenated alkanes) is 10. The van der Waals surface area contributed by atoms with Crippen LogP contribution in [0.15, 0.2) is 0 Å². The second kappa shape index (κ2) is 12.4. The molecular formula is C23H44. The third-order valence-corrected chi connectivity index (χ3v) is 6.92. The van der Waals surface area contributed by atoms with Gasteiger partial charge in [0.25, 0.3) is 0 Å². The number of fused-ring (bicyclic) bond motifs is 1. The van der Waals surface area contributed by atoms with Crippen LogP contribution in [0.25, 0.3) is 0 Å². The molecule has 23 heavy (non-hydrogen) atoms. The average molecular weight is 321 g/mol. The zero-order valence-electron chi connectivity index (χ0n) is 16.2. The lowest BCUT2D eigenvalue weighted by Gasteiger charge is -2.14. The maximum atomic E-state index is 2.31. The van der Waals surface area contributed by atoms with E-state index in [1.807, 2.05) is 0 Å². The first-order chi connectivity index (χ1) is 11.4. The van der Waals surface area contributed by atoms with Crippen LogP contribution in [0.3, 0.4) is 0 Å². The summed E-state index contributed by atoms with van der Waals surface area (Å²) >= 11 is 0. The summed E-state index contributed by atoms with van der Waals surface area (Å²) in [6.07, 6.45) is 28.8. The molecule has 2 atom stereocenters. The molecule has 0 amide bonds. The lowest BCUT2D eigenvalue weighted by Crippen LogP contribution is -2.04. The SMILES string of the molecule is CCCCCCCCCCCCCC1CCC2CCCC2CC1. The molecule has 0 nitrogen and oxygen atoms in total. The van der Waals surface area contributed by atoms with Gasteiger partial charge in [0.2, 0.25) is 0 Å². The third-order valence-electron chi connectivity index (χ3n) is 6.92. The summed E-state index contributed by atoms with van der Waals surface area (Å²) in [6, 6.07) is 0. The average Bonchev–Trinajstić information content (AvgIpc) is 2.93. The zero-order chi connectivity index (χ0) is 16.2. The van der Waals surface area contributed by atoms with Crippen molar-refractivity contribution >= 4 is 0 Å². The maximum absolute atomic E-state index is 2.31. The quantitative estimate of drug-likeness (QED) is 0.317. The normalized spacial score (nSPS) is 27.8. The Labute approximate surface area is 147 Å². The Morgan fingerprint density at radius 2 is 1.00 bits per heavy atom. The summed E-state index contributed by atoms with van der Waals surface area (Å²) < 4.78 is 0. The second-order valence-corrected chi connectivity index (χ2v) is 8.80. The molecule has 0 N–H and O–H groups in total. The van der Waals surface area contributed by atoms with E-state index in [-0.39, 0.29) is 0 Å². The number of hydrogen-bond acceptors (Lipinski definition) is 0. The van der Waals surface area contributed by atoms with Gasteiger partial charge in [-0.25, -0.2) is 0 Å². The van der Waals surface area contributed by atoms with Crippen LogP contribution >= 0.6 is 0 Å². The van der Waals surface area contributed by atoms with Crippen LogP contribution in [-0.2, 0) is 0 Å². The monoisotopic (exact) mass is 320 g/mol. The molecule has 2 fully saturated rings. The molecule has 0 aliphatic heterocycles. The molecule has 2 unspecified atom stereocenters. The minimum absolute atomic E-state index is 1.10. The van der Waals surface area contributed by atoms with E-state index in [9.17, 15) is 0 Å². The van der Waals surface area contributed by atoms with Gasteiger partial charge in [0, 0.05) is 0 Å². The molecular weight excluding hydrogens is 276 g/mol. The van der Waals surface area contributed by atoms with Gasteiger partial charge >= 0.3 is 0 Å². The van der Waals surface area contributed by atoms with Gasteiger partial charge in [0.05, 0.1) is 0 Å². The number of hydrogen-bond donors (Lipinski definition) is 0. The smallest absolute Gasteiger partial charge is 0.0386 e. The molecule has 0 radical (unpaired) electrons. The molecule has 2 aliphatic rings. The second-order valence-electron chi connectivity index (χ2n) is 8.80. The van der Waals surface area contributed by atoms with Gasteiger partial charge in [-0.2, -0.15) is 0 Å². The van der Waals surface area contributed by atoms with Crippen molar-refractivity contribution in [3.05, 3.63) is 0 Å². The topological polar surface area (TPSA) is 0 Å². The first-order valence-corrected chi connectivity index (χ1v) is 11.4. The molecule has 0 saturated heterocycles. The minimum atomic E-state index is 1.10. The summed E-state index contributed by atoms with van der Waals surface area (Å²) in [5.74, 6) is 3.37. The summed E-state index contributed by atoms with van der Waals surface area (Å²) in [4.78, 5) is 0. The van der Waals surface area contributed by atoms with Gasteiger partial charge in [-0.05, 0) is 30.6 Å². The van der Waals surface area contributed by atoms with E-state index in [0.717, 1.165) is 17.8 Å². The van der Waals surface area contributed by atoms with Crippen LogP contribution in [0, 0.1) is 17.8 Å². The molecule has 0 heteroatoms. The van der Waals surface area contributed by atoms with Crippen molar-refractivity contribution < 1.29 is 0 Å². The predicted octanol–water partition coefficient (Wildman–Crippen LogP) is 8.29. The van der Waals surface area contributed by atoms with Crippen molar-refractivity contribution in [2.24, 2.45) is 17.8 Å². The highest BCUT2D eigenvalue weighted by molar-refractivity contribution is 4.82. The molecule has 0 aromatic carbocycles. The van der Waals surface area contributed by atoms with Gasteiger partial charge in [-0.1, -0.05) is 116 Å². The van der Waals surface area contributed by atoms with Crippen molar-refractivity contribution in [2.45, 2.75) is 129 Å². The van der Waals surface area contributed by atoms with E-state index in [2.05, 4.69) is 6.92 Å². The Hall–Kier alpha value is 0. The Kier molecular flexibility index (Phi) is 10.4. The van der Waals surface area contributed by atoms with Crippen molar-refractivity contribution in [1.82, 2.24) is 0 Å². The molecule has 2 aliphatic carbocycles. The van der Waals surface area contributed by atoms with Gasteiger partial charge in [0.15, 0.2) is 0 Å². The van der Waals surface area contributed by atoms with Crippen molar-refractivity contribution in [3.8, 4) is 0 Å². The first-order valence-electron chi connectivity index (χ1n) is 11.4. The van der Waals surface area contributed by atoms with Crippen LogP contribution in [-0.4, -0.2) is 0 Å². The summed E-state index contributed by atoms with van der Waals surface area (Å²) in [5.41, 5.74) is 0. The fourth-order valence-corrected chi connectivity index (χ4v) is 5.30. The van der Waals surface area contributed by atoms with Crippen LogP contribution in [0.2, 0.25) is 0 Å². The lowest BCUT2D eigenvalue weighted by molar-refractivity contribution is 0.367. The summed E-state index contributed by atoms with van der Waals surface area (Å²) in [7, 11) is 0. The summed E-state index contributed by atoms with van der Waals surface area (Å²) in [5, 5.41) is 0. The van der Waals surface area contributed by atoms with E-state index in [1.54, 1.807) is 51.4 Å². The fraction of sp³-hybridized carbons (Fsp3) is 1.00. The van der Waals surface area contributed by atoms with E-state index < -0.39 is 0 Å². The van der Waals surface area contributed by atoms with Crippen LogP contribution in [0.1, 0.15) is 129 Å². The molecule has 2 saturated carbocycles. The number of rotatable bonds is 12. The molecule has 0 spiro atoms. The Balaban J connectivity index is 1.36. The first kappa shape index (κ1) is 19.3. The van der Waals surface area contributed by atoms with Crippen LogP contribution in [0.4, 0.5) is 0 Å². The molecule has 0 heterocycles. The van der Waals surface area contributed by atoms with Crippen LogP contribution in [0.5, 0.6) is 0 Å². The highest BCUT2D eigenvalue weighted by Crippen LogP contribution is 2.43. The van der Waals surface area contributed by atoms with Crippen molar-refractivity contribution in [1.29, 1.82) is 0 Å². The highest BCUT2D eigenvalue weighted by atomic mass is 14.4. The van der Waals surface area contributed by atoms with E-state index >= 15 is 0 Å². The van der Waals surface area contributed by atoms with E-state index in [0.29, 0.717) is 0 Å². The molecule has 0 aromatic rings. The third kappa shape index (κ3) is 8.08. The predicted molar refractivity (Wildman–Crippen MR) is 104 cm³/mol. The lowest BCUT2D eigenvalue weighted by atomic mass is 9.92. The Morgan fingerprint density at radius 3 is 1.52 bits per heavy atom. The summed E-state index contributed by atoms with van der Waals surface area (Å²) in [6.45, 7) is 2.31.